The van der Waals surface area contributed by atoms with Gasteiger partial charge in [0.15, 0.2) is 11.6 Å². The number of nitrogens with two attached hydrogens (primary N) is 1. The van der Waals surface area contributed by atoms with Gasteiger partial charge in [0.1, 0.15) is 11.4 Å². The van der Waals surface area contributed by atoms with E-state index in [4.69, 9.17) is 5.73 Å². The second-order valence-electron chi connectivity index (χ2n) is 4.28. The first-order valence-corrected chi connectivity index (χ1v) is 5.74. The third-order valence-electron chi connectivity index (χ3n) is 2.84. The number of anilines is 2. The molecule has 104 valence electrons. The normalized spacial score (nSPS) is 10.3. The van der Waals surface area contributed by atoms with E-state index in [0.717, 1.165) is 12.1 Å². The number of benzene rings is 2. The Kier molecular flexibility index (Phi) is 3.56. The van der Waals surface area contributed by atoms with E-state index in [1.807, 2.05) is 0 Å². The maximum Gasteiger partial charge on any atom is 0.255 e. The van der Waals surface area contributed by atoms with Gasteiger partial charge in [-0.15, -0.1) is 0 Å². The van der Waals surface area contributed by atoms with Gasteiger partial charge in [-0.05, 0) is 36.8 Å². The number of hydrogen-bond acceptors (Lipinski definition) is 3. The van der Waals surface area contributed by atoms with Crippen LogP contribution in [0.2, 0.25) is 0 Å². The molecular weight excluding hydrogens is 266 g/mol. The van der Waals surface area contributed by atoms with Gasteiger partial charge in [-0.3, -0.25) is 4.79 Å². The Hall–Kier alpha value is -2.63. The van der Waals surface area contributed by atoms with Gasteiger partial charge >= 0.3 is 0 Å². The zero-order chi connectivity index (χ0) is 14.9. The highest BCUT2D eigenvalue weighted by Crippen LogP contribution is 2.26. The van der Waals surface area contributed by atoms with Gasteiger partial charge in [0.25, 0.3) is 5.91 Å². The van der Waals surface area contributed by atoms with Crippen molar-refractivity contribution in [2.75, 3.05) is 11.1 Å². The van der Waals surface area contributed by atoms with Crippen LogP contribution in [0, 0.1) is 18.6 Å². The maximum absolute atomic E-state index is 13.6. The first-order valence-electron chi connectivity index (χ1n) is 5.74. The molecule has 0 aromatic heterocycles. The van der Waals surface area contributed by atoms with Crippen LogP contribution in [0.15, 0.2) is 30.3 Å². The largest absolute Gasteiger partial charge is 0.508 e. The smallest absolute Gasteiger partial charge is 0.255 e. The first-order chi connectivity index (χ1) is 9.40. The molecule has 0 saturated carbocycles. The Balaban J connectivity index is 2.32. The lowest BCUT2D eigenvalue weighted by atomic mass is 10.1. The highest BCUT2D eigenvalue weighted by Gasteiger charge is 2.16. The van der Waals surface area contributed by atoms with Crippen LogP contribution in [0.1, 0.15) is 15.9 Å². The van der Waals surface area contributed by atoms with E-state index in [2.05, 4.69) is 5.32 Å². The molecule has 0 aliphatic heterocycles. The van der Waals surface area contributed by atoms with E-state index in [1.165, 1.54) is 18.2 Å². The number of amides is 1. The Morgan fingerprint density at radius 2 is 1.95 bits per heavy atom. The van der Waals surface area contributed by atoms with Crippen molar-refractivity contribution >= 4 is 17.3 Å². The molecule has 4 N–H and O–H groups in total. The molecule has 1 amide bonds. The molecule has 0 saturated heterocycles. The molecule has 0 heterocycles. The van der Waals surface area contributed by atoms with Gasteiger partial charge in [-0.2, -0.15) is 0 Å². The number of aryl methyl sites for hydroxylation is 1. The highest BCUT2D eigenvalue weighted by molar-refractivity contribution is 6.06. The van der Waals surface area contributed by atoms with E-state index >= 15 is 0 Å². The minimum atomic E-state index is -1.23. The summed E-state index contributed by atoms with van der Waals surface area (Å²) in [7, 11) is 0. The fraction of sp³-hybridized carbons (Fsp3) is 0.0714. The Morgan fingerprint density at radius 3 is 2.60 bits per heavy atom. The second-order valence-corrected chi connectivity index (χ2v) is 4.28. The van der Waals surface area contributed by atoms with Crippen LogP contribution in [0.5, 0.6) is 5.75 Å². The first kappa shape index (κ1) is 13.8. The van der Waals surface area contributed by atoms with E-state index < -0.39 is 23.2 Å². The average Bonchev–Trinajstić information content (AvgIpc) is 2.42. The molecule has 20 heavy (non-hydrogen) atoms. The van der Waals surface area contributed by atoms with Crippen molar-refractivity contribution in [1.82, 2.24) is 0 Å². The topological polar surface area (TPSA) is 75.4 Å². The van der Waals surface area contributed by atoms with Crippen molar-refractivity contribution in [3.8, 4) is 5.75 Å². The van der Waals surface area contributed by atoms with Gasteiger partial charge in [0.2, 0.25) is 0 Å². The number of carbonyl (C=O) groups excluding carboxylic acids is 1. The summed E-state index contributed by atoms with van der Waals surface area (Å²) < 4.78 is 26.7. The number of rotatable bonds is 2. The summed E-state index contributed by atoms with van der Waals surface area (Å²) in [4.78, 5) is 11.9. The minimum absolute atomic E-state index is 0.0645. The van der Waals surface area contributed by atoms with Crippen LogP contribution in [-0.2, 0) is 0 Å². The van der Waals surface area contributed by atoms with E-state index in [-0.39, 0.29) is 17.0 Å². The molecule has 0 bridgehead atoms. The lowest BCUT2D eigenvalue weighted by Crippen LogP contribution is -2.15. The summed E-state index contributed by atoms with van der Waals surface area (Å²) in [6, 6.07) is 6.25. The predicted octanol–water partition coefficient (Wildman–Crippen LogP) is 2.81. The quantitative estimate of drug-likeness (QED) is 0.739. The lowest BCUT2D eigenvalue weighted by Gasteiger charge is -2.10. The summed E-state index contributed by atoms with van der Waals surface area (Å²) in [5.74, 6) is -3.10. The van der Waals surface area contributed by atoms with E-state index in [1.54, 1.807) is 6.92 Å². The van der Waals surface area contributed by atoms with Crippen molar-refractivity contribution in [2.24, 2.45) is 0 Å². The highest BCUT2D eigenvalue weighted by atomic mass is 19.2. The SMILES string of the molecule is Cc1ccc(C(=O)Nc2c(N)ccc(F)c2F)cc1O. The van der Waals surface area contributed by atoms with Gasteiger partial charge in [0.05, 0.1) is 5.69 Å². The van der Waals surface area contributed by atoms with Crippen LogP contribution < -0.4 is 11.1 Å². The summed E-state index contributed by atoms with van der Waals surface area (Å²) in [6.07, 6.45) is 0. The van der Waals surface area contributed by atoms with Crippen LogP contribution in [0.3, 0.4) is 0 Å². The molecule has 0 unspecified atom stereocenters. The summed E-state index contributed by atoms with van der Waals surface area (Å²) in [6.45, 7) is 1.67. The number of hydrogen-bond donors (Lipinski definition) is 3. The number of phenols is 1. The zero-order valence-corrected chi connectivity index (χ0v) is 10.6. The molecule has 0 spiro atoms. The van der Waals surface area contributed by atoms with Gasteiger partial charge < -0.3 is 16.2 Å². The van der Waals surface area contributed by atoms with Crippen LogP contribution >= 0.6 is 0 Å². The summed E-state index contributed by atoms with van der Waals surface area (Å²) in [5, 5.41) is 11.7. The molecule has 0 atom stereocenters. The Bertz CT molecular complexity index is 687. The van der Waals surface area contributed by atoms with Gasteiger partial charge in [0, 0.05) is 5.56 Å². The lowest BCUT2D eigenvalue weighted by molar-refractivity contribution is 0.102. The summed E-state index contributed by atoms with van der Waals surface area (Å²) >= 11 is 0. The predicted molar refractivity (Wildman–Crippen MR) is 71.6 cm³/mol. The molecule has 0 aliphatic carbocycles. The van der Waals surface area contributed by atoms with Crippen molar-refractivity contribution in [1.29, 1.82) is 0 Å². The number of phenolic OH excluding ortho intramolecular Hbond substituents is 1. The maximum atomic E-state index is 13.6. The molecule has 0 fully saturated rings. The van der Waals surface area contributed by atoms with Crippen LogP contribution in [0.25, 0.3) is 0 Å². The third-order valence-corrected chi connectivity index (χ3v) is 2.84. The molecule has 0 radical (unpaired) electrons. The third kappa shape index (κ3) is 2.54. The van der Waals surface area contributed by atoms with E-state index in [9.17, 15) is 18.7 Å². The zero-order valence-electron chi connectivity index (χ0n) is 10.6. The van der Waals surface area contributed by atoms with Crippen LogP contribution in [-0.4, -0.2) is 11.0 Å². The average molecular weight is 278 g/mol. The molecule has 0 aliphatic rings. The second kappa shape index (κ2) is 5.16. The van der Waals surface area contributed by atoms with Gasteiger partial charge in [-0.25, -0.2) is 8.78 Å². The van der Waals surface area contributed by atoms with E-state index in [0.29, 0.717) is 5.56 Å². The molecular formula is C14H12F2N2O2. The molecule has 6 heteroatoms. The fourth-order valence-electron chi connectivity index (χ4n) is 1.63. The molecule has 4 nitrogen and oxygen atoms in total. The van der Waals surface area contributed by atoms with Crippen molar-refractivity contribution in [3.05, 3.63) is 53.1 Å². The Labute approximate surface area is 113 Å². The number of nitrogen functional groups attached to an aromatic ring is 1. The van der Waals surface area contributed by atoms with Crippen molar-refractivity contribution in [2.45, 2.75) is 6.92 Å². The number of aromatic hydroxyl groups is 1. The number of nitrogens with one attached hydrogen (secondary N) is 1. The Morgan fingerprint density at radius 1 is 1.25 bits per heavy atom. The molecule has 2 rings (SSSR count). The number of carbonyl (C=O) groups is 1. The standard InChI is InChI=1S/C14H12F2N2O2/c1-7-2-3-8(6-11(7)19)14(20)18-13-10(17)5-4-9(15)12(13)16/h2-6,19H,17H2,1H3,(H,18,20). The van der Waals surface area contributed by atoms with Crippen molar-refractivity contribution < 1.29 is 18.7 Å². The van der Waals surface area contributed by atoms with Crippen molar-refractivity contribution in [3.63, 3.8) is 0 Å². The van der Waals surface area contributed by atoms with Crippen LogP contribution in [0.4, 0.5) is 20.2 Å². The summed E-state index contributed by atoms with van der Waals surface area (Å²) in [5.41, 5.74) is 5.69. The fourth-order valence-corrected chi connectivity index (χ4v) is 1.63. The monoisotopic (exact) mass is 278 g/mol. The van der Waals surface area contributed by atoms with Gasteiger partial charge in [-0.1, -0.05) is 6.07 Å². The minimum Gasteiger partial charge on any atom is -0.508 e. The number of halogens is 2. The molecule has 2 aromatic rings. The molecule has 2 aromatic carbocycles.